The number of fused-ring (bicyclic) bond motifs is 1. The average Bonchev–Trinajstić information content (AvgIpc) is 2.69. The molecule has 0 saturated heterocycles. The van der Waals surface area contributed by atoms with Crippen LogP contribution in [0.3, 0.4) is 0 Å². The van der Waals surface area contributed by atoms with Gasteiger partial charge in [-0.3, -0.25) is 4.79 Å². The fourth-order valence-electron chi connectivity index (χ4n) is 1.52. The summed E-state index contributed by atoms with van der Waals surface area (Å²) in [7, 11) is 0. The molecule has 16 heavy (non-hydrogen) atoms. The monoisotopic (exact) mass is 219 g/mol. The molecule has 84 valence electrons. The molecule has 5 heteroatoms. The predicted molar refractivity (Wildman–Crippen MR) is 59.1 cm³/mol. The van der Waals surface area contributed by atoms with Gasteiger partial charge in [-0.2, -0.15) is 15.0 Å². The van der Waals surface area contributed by atoms with Gasteiger partial charge in [0, 0.05) is 6.42 Å². The summed E-state index contributed by atoms with van der Waals surface area (Å²) in [6, 6.07) is 7.60. The van der Waals surface area contributed by atoms with Gasteiger partial charge in [0.05, 0.1) is 6.04 Å². The number of carboxylic acids is 1. The van der Waals surface area contributed by atoms with Crippen LogP contribution in [0.2, 0.25) is 0 Å². The van der Waals surface area contributed by atoms with Crippen molar-refractivity contribution in [3.8, 4) is 0 Å². The van der Waals surface area contributed by atoms with E-state index >= 15 is 0 Å². The van der Waals surface area contributed by atoms with Crippen LogP contribution in [0.15, 0.2) is 24.3 Å². The Morgan fingerprint density at radius 2 is 1.94 bits per heavy atom. The average molecular weight is 219 g/mol. The molecule has 5 nitrogen and oxygen atoms in total. The van der Waals surface area contributed by atoms with Gasteiger partial charge >= 0.3 is 5.97 Å². The lowest BCUT2D eigenvalue weighted by Crippen LogP contribution is -2.10. The fraction of sp³-hybridized carbons (Fsp3) is 0.364. The first-order valence-corrected chi connectivity index (χ1v) is 5.20. The van der Waals surface area contributed by atoms with E-state index in [4.69, 9.17) is 5.11 Å². The minimum absolute atomic E-state index is 0.00324. The summed E-state index contributed by atoms with van der Waals surface area (Å²) in [5, 5.41) is 17.2. The van der Waals surface area contributed by atoms with Crippen molar-refractivity contribution >= 4 is 17.0 Å². The molecule has 0 bridgehead atoms. The maximum absolute atomic E-state index is 10.5. The molecule has 1 heterocycles. The summed E-state index contributed by atoms with van der Waals surface area (Å²) in [6.07, 6.45) is 0.676. The second-order valence-electron chi connectivity index (χ2n) is 3.79. The van der Waals surface area contributed by atoms with Crippen LogP contribution in [-0.2, 0) is 4.79 Å². The molecule has 0 aliphatic rings. The van der Waals surface area contributed by atoms with Crippen molar-refractivity contribution in [1.82, 2.24) is 15.0 Å². The van der Waals surface area contributed by atoms with Crippen LogP contribution in [-0.4, -0.2) is 26.1 Å². The summed E-state index contributed by atoms with van der Waals surface area (Å²) >= 11 is 0. The molecule has 1 atom stereocenters. The van der Waals surface area contributed by atoms with Crippen LogP contribution in [0.4, 0.5) is 0 Å². The molecule has 1 N–H and O–H groups in total. The Balaban J connectivity index is 2.16. The molecule has 1 unspecified atom stereocenters. The Morgan fingerprint density at radius 3 is 2.44 bits per heavy atom. The normalized spacial score (nSPS) is 12.8. The lowest BCUT2D eigenvalue weighted by Gasteiger charge is -2.07. The summed E-state index contributed by atoms with van der Waals surface area (Å²) in [5.41, 5.74) is 1.68. The molecule has 0 aliphatic heterocycles. The number of aromatic nitrogens is 3. The maximum atomic E-state index is 10.5. The summed E-state index contributed by atoms with van der Waals surface area (Å²) in [4.78, 5) is 12.0. The maximum Gasteiger partial charge on any atom is 0.303 e. The lowest BCUT2D eigenvalue weighted by molar-refractivity contribution is -0.137. The predicted octanol–water partition coefficient (Wildman–Crippen LogP) is 1.86. The third-order valence-electron chi connectivity index (χ3n) is 2.47. The van der Waals surface area contributed by atoms with Gasteiger partial charge in [-0.05, 0) is 25.5 Å². The van der Waals surface area contributed by atoms with Gasteiger partial charge in [-0.15, -0.1) is 0 Å². The number of rotatable bonds is 4. The van der Waals surface area contributed by atoms with E-state index in [0.29, 0.717) is 6.42 Å². The number of hydrogen-bond acceptors (Lipinski definition) is 3. The summed E-state index contributed by atoms with van der Waals surface area (Å²) < 4.78 is 0. The molecule has 0 saturated carbocycles. The van der Waals surface area contributed by atoms with E-state index in [9.17, 15) is 4.79 Å². The zero-order valence-corrected chi connectivity index (χ0v) is 9.00. The van der Waals surface area contributed by atoms with Gasteiger partial charge < -0.3 is 5.11 Å². The first-order chi connectivity index (χ1) is 7.66. The standard InChI is InChI=1S/C11H13N3O2/c1-8(6-7-11(15)16)14-12-9-4-2-3-5-10(9)13-14/h2-5,8H,6-7H2,1H3,(H,15,16). The summed E-state index contributed by atoms with van der Waals surface area (Å²) in [5.74, 6) is -0.788. The van der Waals surface area contributed by atoms with E-state index in [1.165, 1.54) is 0 Å². The summed E-state index contributed by atoms with van der Waals surface area (Å²) in [6.45, 7) is 1.92. The molecular weight excluding hydrogens is 206 g/mol. The van der Waals surface area contributed by atoms with Crippen molar-refractivity contribution in [3.05, 3.63) is 24.3 Å². The first kappa shape index (κ1) is 10.6. The zero-order chi connectivity index (χ0) is 11.5. The molecule has 0 spiro atoms. The van der Waals surface area contributed by atoms with E-state index in [1.807, 2.05) is 31.2 Å². The van der Waals surface area contributed by atoms with E-state index < -0.39 is 5.97 Å². The largest absolute Gasteiger partial charge is 0.481 e. The van der Waals surface area contributed by atoms with Crippen molar-refractivity contribution < 1.29 is 9.90 Å². The quantitative estimate of drug-likeness (QED) is 0.852. The van der Waals surface area contributed by atoms with E-state index in [-0.39, 0.29) is 12.5 Å². The minimum Gasteiger partial charge on any atom is -0.481 e. The highest BCUT2D eigenvalue weighted by atomic mass is 16.4. The van der Waals surface area contributed by atoms with Gasteiger partial charge in [0.15, 0.2) is 0 Å². The van der Waals surface area contributed by atoms with E-state index in [2.05, 4.69) is 10.2 Å². The fourth-order valence-corrected chi connectivity index (χ4v) is 1.52. The Hall–Kier alpha value is -1.91. The second-order valence-corrected chi connectivity index (χ2v) is 3.79. The number of aliphatic carboxylic acids is 1. The third-order valence-corrected chi connectivity index (χ3v) is 2.47. The van der Waals surface area contributed by atoms with Crippen molar-refractivity contribution in [2.45, 2.75) is 25.8 Å². The molecule has 0 aliphatic carbocycles. The van der Waals surface area contributed by atoms with Crippen LogP contribution in [0.25, 0.3) is 11.0 Å². The Morgan fingerprint density at radius 1 is 1.38 bits per heavy atom. The minimum atomic E-state index is -0.788. The van der Waals surface area contributed by atoms with Crippen LogP contribution >= 0.6 is 0 Å². The number of nitrogens with zero attached hydrogens (tertiary/aromatic N) is 3. The van der Waals surface area contributed by atoms with Gasteiger partial charge in [0.2, 0.25) is 0 Å². The van der Waals surface area contributed by atoms with Gasteiger partial charge in [0.25, 0.3) is 0 Å². The van der Waals surface area contributed by atoms with E-state index in [1.54, 1.807) is 4.80 Å². The highest BCUT2D eigenvalue weighted by Crippen LogP contribution is 2.14. The first-order valence-electron chi connectivity index (χ1n) is 5.20. The molecular formula is C11H13N3O2. The van der Waals surface area contributed by atoms with Gasteiger partial charge in [-0.25, -0.2) is 0 Å². The molecule has 1 aromatic carbocycles. The number of hydrogen-bond donors (Lipinski definition) is 1. The Kier molecular flexibility index (Phi) is 2.85. The van der Waals surface area contributed by atoms with Crippen LogP contribution in [0, 0.1) is 0 Å². The van der Waals surface area contributed by atoms with Crippen LogP contribution < -0.4 is 0 Å². The van der Waals surface area contributed by atoms with Crippen molar-refractivity contribution in [1.29, 1.82) is 0 Å². The third kappa shape index (κ3) is 2.18. The SMILES string of the molecule is CC(CCC(=O)O)n1nc2ccccc2n1. The molecule has 1 aromatic heterocycles. The smallest absolute Gasteiger partial charge is 0.303 e. The topological polar surface area (TPSA) is 68.0 Å². The van der Waals surface area contributed by atoms with Crippen LogP contribution in [0.5, 0.6) is 0 Å². The number of benzene rings is 1. The van der Waals surface area contributed by atoms with Gasteiger partial charge in [-0.1, -0.05) is 12.1 Å². The van der Waals surface area contributed by atoms with Gasteiger partial charge in [0.1, 0.15) is 11.0 Å². The highest BCUT2D eigenvalue weighted by molar-refractivity contribution is 5.73. The second kappa shape index (κ2) is 4.30. The molecule has 0 amide bonds. The molecule has 2 aromatic rings. The zero-order valence-electron chi connectivity index (χ0n) is 9.00. The Labute approximate surface area is 92.7 Å². The highest BCUT2D eigenvalue weighted by Gasteiger charge is 2.10. The van der Waals surface area contributed by atoms with Crippen molar-refractivity contribution in [3.63, 3.8) is 0 Å². The molecule has 0 radical (unpaired) electrons. The molecule has 0 fully saturated rings. The van der Waals surface area contributed by atoms with Crippen LogP contribution in [0.1, 0.15) is 25.8 Å². The number of carboxylic acid groups (broad SMARTS) is 1. The Bertz CT molecular complexity index is 474. The van der Waals surface area contributed by atoms with E-state index in [0.717, 1.165) is 11.0 Å². The van der Waals surface area contributed by atoms with Crippen molar-refractivity contribution in [2.24, 2.45) is 0 Å². The lowest BCUT2D eigenvalue weighted by atomic mass is 10.2. The number of carbonyl (C=O) groups is 1. The molecule has 2 rings (SSSR count). The van der Waals surface area contributed by atoms with Crippen molar-refractivity contribution in [2.75, 3.05) is 0 Å².